The quantitative estimate of drug-likeness (QED) is 0.583. The first kappa shape index (κ1) is 19.1. The van der Waals surface area contributed by atoms with Crippen LogP contribution in [0.15, 0.2) is 48.5 Å². The van der Waals surface area contributed by atoms with E-state index in [1.807, 2.05) is 0 Å². The number of para-hydroxylation sites is 1. The first-order valence-corrected chi connectivity index (χ1v) is 10.4. The van der Waals surface area contributed by atoms with Gasteiger partial charge in [-0.2, -0.15) is 0 Å². The fraction of sp³-hybridized carbons (Fsp3) is 0.462. The van der Waals surface area contributed by atoms with E-state index < -0.39 is 0 Å². The zero-order valence-corrected chi connectivity index (χ0v) is 18.7. The van der Waals surface area contributed by atoms with Crippen LogP contribution >= 0.6 is 0 Å². The molecule has 2 aromatic carbocycles. The molecule has 0 N–H and O–H groups in total. The van der Waals surface area contributed by atoms with Gasteiger partial charge in [0.2, 0.25) is 0 Å². The Morgan fingerprint density at radius 1 is 0.821 bits per heavy atom. The second kappa shape index (κ2) is 5.89. The first-order chi connectivity index (χ1) is 13.0. The zero-order chi connectivity index (χ0) is 20.5. The molecule has 2 heterocycles. The number of anilines is 2. The van der Waals surface area contributed by atoms with Crippen LogP contribution in [-0.2, 0) is 5.41 Å². The number of fused-ring (bicyclic) bond motifs is 2. The van der Waals surface area contributed by atoms with Crippen molar-refractivity contribution in [2.24, 2.45) is 0 Å². The Labute approximate surface area is 170 Å². The molecule has 0 spiro atoms. The van der Waals surface area contributed by atoms with E-state index in [4.69, 9.17) is 0 Å². The average molecular weight is 375 g/mol. The topological polar surface area (TPSA) is 6.48 Å². The van der Waals surface area contributed by atoms with E-state index >= 15 is 0 Å². The molecule has 0 aromatic heterocycles. The minimum Gasteiger partial charge on any atom is -0.369 e. The predicted molar refractivity (Wildman–Crippen MR) is 123 cm³/mol. The Bertz CT molecular complexity index is 966. The van der Waals surface area contributed by atoms with Crippen molar-refractivity contribution < 1.29 is 0 Å². The number of rotatable bonds is 1. The Hall–Kier alpha value is -2.22. The normalized spacial score (nSPS) is 25.1. The molecule has 0 amide bonds. The van der Waals surface area contributed by atoms with Crippen LogP contribution in [0.1, 0.15) is 64.7 Å². The molecule has 2 nitrogen and oxygen atoms in total. The van der Waals surface area contributed by atoms with E-state index in [0.29, 0.717) is 0 Å². The lowest BCUT2D eigenvalue weighted by molar-refractivity contribution is 0.335. The van der Waals surface area contributed by atoms with Gasteiger partial charge in [-0.1, -0.05) is 43.3 Å². The Morgan fingerprint density at radius 2 is 1.50 bits per heavy atom. The van der Waals surface area contributed by atoms with Gasteiger partial charge in [0.15, 0.2) is 0 Å². The molecule has 28 heavy (non-hydrogen) atoms. The standard InChI is InChI=1S/C26H34N2/c1-18-16-24(2,3)28(8)23-15-19(13-14-20(18)23)26(6)17-25(4,5)27(7)22-12-10-9-11-21(22)26/h9-16H,17H2,1-8H3/t26-/m0/s1. The third kappa shape index (κ3) is 2.61. The third-order valence-corrected chi connectivity index (χ3v) is 7.41. The summed E-state index contributed by atoms with van der Waals surface area (Å²) in [6.07, 6.45) is 3.47. The van der Waals surface area contributed by atoms with Crippen molar-refractivity contribution in [2.45, 2.75) is 64.5 Å². The van der Waals surface area contributed by atoms with Gasteiger partial charge in [0.1, 0.15) is 0 Å². The lowest BCUT2D eigenvalue weighted by atomic mass is 9.65. The van der Waals surface area contributed by atoms with E-state index in [1.54, 1.807) is 0 Å². The number of hydrogen-bond acceptors (Lipinski definition) is 2. The monoisotopic (exact) mass is 374 g/mol. The number of allylic oxidation sites excluding steroid dienone is 1. The predicted octanol–water partition coefficient (Wildman–Crippen LogP) is 6.24. The number of likely N-dealkylation sites (N-methyl/N-ethyl adjacent to an activating group) is 1. The maximum absolute atomic E-state index is 2.45. The largest absolute Gasteiger partial charge is 0.369 e. The highest BCUT2D eigenvalue weighted by Gasteiger charge is 2.44. The van der Waals surface area contributed by atoms with Crippen LogP contribution in [0.4, 0.5) is 11.4 Å². The molecule has 148 valence electrons. The molecule has 0 bridgehead atoms. The molecule has 0 radical (unpaired) electrons. The summed E-state index contributed by atoms with van der Waals surface area (Å²) in [6.45, 7) is 14.0. The van der Waals surface area contributed by atoms with Crippen LogP contribution < -0.4 is 9.80 Å². The molecule has 4 rings (SSSR count). The molecule has 1 atom stereocenters. The van der Waals surface area contributed by atoms with Gasteiger partial charge in [0, 0.05) is 42.0 Å². The molecule has 2 heteroatoms. The molecule has 2 aromatic rings. The average Bonchev–Trinajstić information content (AvgIpc) is 2.63. The van der Waals surface area contributed by atoms with E-state index in [-0.39, 0.29) is 16.5 Å². The van der Waals surface area contributed by atoms with Crippen LogP contribution in [0.2, 0.25) is 0 Å². The van der Waals surface area contributed by atoms with Crippen molar-refractivity contribution in [2.75, 3.05) is 23.9 Å². The lowest BCUT2D eigenvalue weighted by Crippen LogP contribution is -2.51. The van der Waals surface area contributed by atoms with E-state index in [0.717, 1.165) is 6.42 Å². The van der Waals surface area contributed by atoms with Crippen LogP contribution in [0, 0.1) is 0 Å². The maximum Gasteiger partial charge on any atom is 0.0531 e. The molecule has 0 fully saturated rings. The highest BCUT2D eigenvalue weighted by atomic mass is 15.2. The molecule has 0 saturated carbocycles. The fourth-order valence-corrected chi connectivity index (χ4v) is 5.40. The van der Waals surface area contributed by atoms with Crippen molar-refractivity contribution in [1.29, 1.82) is 0 Å². The van der Waals surface area contributed by atoms with Crippen LogP contribution in [-0.4, -0.2) is 25.2 Å². The molecular weight excluding hydrogens is 340 g/mol. The van der Waals surface area contributed by atoms with E-state index in [1.165, 1.54) is 33.6 Å². The van der Waals surface area contributed by atoms with Gasteiger partial charge in [0.05, 0.1) is 5.54 Å². The molecule has 2 aliphatic rings. The number of benzene rings is 2. The van der Waals surface area contributed by atoms with Crippen molar-refractivity contribution >= 4 is 16.9 Å². The molecular formula is C26H34N2. The smallest absolute Gasteiger partial charge is 0.0531 e. The Morgan fingerprint density at radius 3 is 2.21 bits per heavy atom. The summed E-state index contributed by atoms with van der Waals surface area (Å²) < 4.78 is 0. The lowest BCUT2D eigenvalue weighted by Gasteiger charge is -2.51. The van der Waals surface area contributed by atoms with Crippen LogP contribution in [0.3, 0.4) is 0 Å². The second-order valence-electron chi connectivity index (χ2n) is 10.2. The number of hydrogen-bond donors (Lipinski definition) is 0. The van der Waals surface area contributed by atoms with Crippen LogP contribution in [0.25, 0.3) is 5.57 Å². The Kier molecular flexibility index (Phi) is 4.02. The van der Waals surface area contributed by atoms with Gasteiger partial charge in [0.25, 0.3) is 0 Å². The summed E-state index contributed by atoms with van der Waals surface area (Å²) in [5.41, 5.74) is 8.39. The molecule has 0 unspecified atom stereocenters. The summed E-state index contributed by atoms with van der Waals surface area (Å²) in [6, 6.07) is 16.1. The second-order valence-corrected chi connectivity index (χ2v) is 10.2. The van der Waals surface area contributed by atoms with Gasteiger partial charge >= 0.3 is 0 Å². The van der Waals surface area contributed by atoms with E-state index in [2.05, 4.69) is 114 Å². The van der Waals surface area contributed by atoms with Gasteiger partial charge in [-0.05, 0) is 69.9 Å². The van der Waals surface area contributed by atoms with Crippen molar-refractivity contribution in [1.82, 2.24) is 0 Å². The third-order valence-electron chi connectivity index (χ3n) is 7.41. The minimum atomic E-state index is -0.0122. The van der Waals surface area contributed by atoms with Gasteiger partial charge in [-0.15, -0.1) is 0 Å². The van der Waals surface area contributed by atoms with E-state index in [9.17, 15) is 0 Å². The number of nitrogens with zero attached hydrogens (tertiary/aromatic N) is 2. The van der Waals surface area contributed by atoms with Gasteiger partial charge in [-0.25, -0.2) is 0 Å². The zero-order valence-electron chi connectivity index (χ0n) is 18.7. The molecule has 0 saturated heterocycles. The summed E-state index contributed by atoms with van der Waals surface area (Å²) in [7, 11) is 4.45. The fourth-order valence-electron chi connectivity index (χ4n) is 5.40. The SMILES string of the molecule is CC1=CC(C)(C)N(C)c2cc([C@]3(C)CC(C)(C)N(C)c4ccccc43)ccc21. The highest BCUT2D eigenvalue weighted by Crippen LogP contribution is 2.51. The summed E-state index contributed by atoms with van der Waals surface area (Å²) in [5, 5.41) is 0. The summed E-state index contributed by atoms with van der Waals surface area (Å²) >= 11 is 0. The Balaban J connectivity index is 1.92. The minimum absolute atomic E-state index is 0.0122. The summed E-state index contributed by atoms with van der Waals surface area (Å²) in [4.78, 5) is 4.87. The van der Waals surface area contributed by atoms with Crippen molar-refractivity contribution in [3.63, 3.8) is 0 Å². The van der Waals surface area contributed by atoms with Gasteiger partial charge < -0.3 is 9.80 Å². The molecule has 0 aliphatic carbocycles. The maximum atomic E-state index is 2.45. The molecule has 2 aliphatic heterocycles. The van der Waals surface area contributed by atoms with Crippen molar-refractivity contribution in [3.8, 4) is 0 Å². The first-order valence-electron chi connectivity index (χ1n) is 10.4. The van der Waals surface area contributed by atoms with Crippen LogP contribution in [0.5, 0.6) is 0 Å². The van der Waals surface area contributed by atoms with Gasteiger partial charge in [-0.3, -0.25) is 0 Å². The highest BCUT2D eigenvalue weighted by molar-refractivity contribution is 5.82. The summed E-state index contributed by atoms with van der Waals surface area (Å²) in [5.74, 6) is 0. The van der Waals surface area contributed by atoms with Crippen molar-refractivity contribution in [3.05, 3.63) is 65.2 Å².